The van der Waals surface area contributed by atoms with E-state index in [-0.39, 0.29) is 5.54 Å². The number of rotatable bonds is 6. The molecule has 3 nitrogen and oxygen atoms in total. The lowest BCUT2D eigenvalue weighted by Gasteiger charge is -2.26. The van der Waals surface area contributed by atoms with Gasteiger partial charge in [0.05, 0.1) is 7.11 Å². The highest BCUT2D eigenvalue weighted by atomic mass is 16.5. The van der Waals surface area contributed by atoms with Crippen molar-refractivity contribution in [3.63, 3.8) is 0 Å². The molecule has 96 valence electrons. The monoisotopic (exact) mass is 236 g/mol. The zero-order valence-corrected chi connectivity index (χ0v) is 11.4. The van der Waals surface area contributed by atoms with Gasteiger partial charge in [0.1, 0.15) is 5.75 Å². The summed E-state index contributed by atoms with van der Waals surface area (Å²) in [7, 11) is 3.80. The fourth-order valence-corrected chi connectivity index (χ4v) is 1.89. The van der Waals surface area contributed by atoms with Crippen molar-refractivity contribution in [2.75, 3.05) is 27.2 Å². The number of hydrogen-bond acceptors (Lipinski definition) is 3. The highest BCUT2D eigenvalue weighted by molar-refractivity contribution is 5.27. The molecule has 0 unspecified atom stereocenters. The quantitative estimate of drug-likeness (QED) is 0.820. The van der Waals surface area contributed by atoms with Crippen molar-refractivity contribution < 1.29 is 4.74 Å². The lowest BCUT2D eigenvalue weighted by atomic mass is 10.1. The molecule has 0 saturated heterocycles. The fourth-order valence-electron chi connectivity index (χ4n) is 1.89. The van der Waals surface area contributed by atoms with Crippen LogP contribution >= 0.6 is 0 Å². The van der Waals surface area contributed by atoms with Crippen molar-refractivity contribution in [2.24, 2.45) is 5.73 Å². The van der Waals surface area contributed by atoms with Gasteiger partial charge in [-0.25, -0.2) is 0 Å². The minimum Gasteiger partial charge on any atom is -0.497 e. The van der Waals surface area contributed by atoms with Gasteiger partial charge in [0.15, 0.2) is 0 Å². The number of ether oxygens (including phenoxy) is 1. The molecule has 0 amide bonds. The average molecular weight is 236 g/mol. The molecule has 0 aliphatic carbocycles. The Morgan fingerprint density at radius 2 is 1.82 bits per heavy atom. The zero-order valence-electron chi connectivity index (χ0n) is 11.4. The standard InChI is InChI=1S/C14H24N2O/c1-14(2,15)11-16(3)10-9-12-5-7-13(17-4)8-6-12/h5-8H,9-11,15H2,1-4H3. The Kier molecular flexibility index (Phi) is 4.97. The topological polar surface area (TPSA) is 38.5 Å². The maximum atomic E-state index is 5.99. The van der Waals surface area contributed by atoms with Crippen LogP contribution < -0.4 is 10.5 Å². The summed E-state index contributed by atoms with van der Waals surface area (Å²) in [5, 5.41) is 0. The first-order valence-electron chi connectivity index (χ1n) is 6.01. The SMILES string of the molecule is COc1ccc(CCN(C)CC(C)(C)N)cc1. The second-order valence-corrected chi connectivity index (χ2v) is 5.32. The molecule has 0 saturated carbocycles. The van der Waals surface area contributed by atoms with E-state index in [2.05, 4.69) is 37.9 Å². The number of nitrogens with two attached hydrogens (primary N) is 1. The molecular weight excluding hydrogens is 212 g/mol. The van der Waals surface area contributed by atoms with E-state index < -0.39 is 0 Å². The van der Waals surface area contributed by atoms with E-state index in [1.165, 1.54) is 5.56 Å². The third-order valence-corrected chi connectivity index (χ3v) is 2.62. The van der Waals surface area contributed by atoms with Gasteiger partial charge in [0, 0.05) is 18.6 Å². The molecule has 0 atom stereocenters. The summed E-state index contributed by atoms with van der Waals surface area (Å²) >= 11 is 0. The van der Waals surface area contributed by atoms with Gasteiger partial charge in [0.25, 0.3) is 0 Å². The van der Waals surface area contributed by atoms with Crippen LogP contribution in [-0.2, 0) is 6.42 Å². The Morgan fingerprint density at radius 3 is 2.29 bits per heavy atom. The number of methoxy groups -OCH3 is 1. The number of benzene rings is 1. The van der Waals surface area contributed by atoms with Gasteiger partial charge in [0.2, 0.25) is 0 Å². The van der Waals surface area contributed by atoms with Crippen LogP contribution in [0.1, 0.15) is 19.4 Å². The molecule has 0 radical (unpaired) electrons. The Balaban J connectivity index is 2.39. The summed E-state index contributed by atoms with van der Waals surface area (Å²) in [5.74, 6) is 0.908. The molecule has 0 aliphatic rings. The summed E-state index contributed by atoms with van der Waals surface area (Å²) in [5.41, 5.74) is 7.18. The highest BCUT2D eigenvalue weighted by Crippen LogP contribution is 2.12. The molecule has 1 rings (SSSR count). The summed E-state index contributed by atoms with van der Waals surface area (Å²) in [6, 6.07) is 8.23. The lowest BCUT2D eigenvalue weighted by Crippen LogP contribution is -2.44. The van der Waals surface area contributed by atoms with Crippen LogP contribution in [0.25, 0.3) is 0 Å². The summed E-state index contributed by atoms with van der Waals surface area (Å²) in [4.78, 5) is 2.27. The first-order chi connectivity index (χ1) is 7.90. The molecule has 1 aromatic carbocycles. The van der Waals surface area contributed by atoms with Crippen LogP contribution in [-0.4, -0.2) is 37.7 Å². The number of hydrogen-bond donors (Lipinski definition) is 1. The van der Waals surface area contributed by atoms with Gasteiger partial charge in [-0.1, -0.05) is 12.1 Å². The molecular formula is C14H24N2O. The van der Waals surface area contributed by atoms with Crippen molar-refractivity contribution in [2.45, 2.75) is 25.8 Å². The second-order valence-electron chi connectivity index (χ2n) is 5.32. The normalized spacial score (nSPS) is 11.9. The molecule has 1 aromatic rings. The maximum absolute atomic E-state index is 5.99. The van der Waals surface area contributed by atoms with Gasteiger partial charge in [-0.2, -0.15) is 0 Å². The first kappa shape index (κ1) is 14.0. The van der Waals surface area contributed by atoms with Gasteiger partial charge in [-0.05, 0) is 45.0 Å². The Hall–Kier alpha value is -1.06. The van der Waals surface area contributed by atoms with Crippen molar-refractivity contribution >= 4 is 0 Å². The lowest BCUT2D eigenvalue weighted by molar-refractivity contribution is 0.273. The first-order valence-corrected chi connectivity index (χ1v) is 6.01. The fraction of sp³-hybridized carbons (Fsp3) is 0.571. The highest BCUT2D eigenvalue weighted by Gasteiger charge is 2.13. The van der Waals surface area contributed by atoms with Crippen LogP contribution in [0.15, 0.2) is 24.3 Å². The number of nitrogens with zero attached hydrogens (tertiary/aromatic N) is 1. The third-order valence-electron chi connectivity index (χ3n) is 2.62. The molecule has 0 aromatic heterocycles. The molecule has 0 fully saturated rings. The molecule has 3 heteroatoms. The Morgan fingerprint density at radius 1 is 1.24 bits per heavy atom. The van der Waals surface area contributed by atoms with Crippen LogP contribution in [0, 0.1) is 0 Å². The Bertz CT molecular complexity index is 327. The van der Waals surface area contributed by atoms with E-state index in [9.17, 15) is 0 Å². The summed E-state index contributed by atoms with van der Waals surface area (Å²) < 4.78 is 5.13. The van der Waals surface area contributed by atoms with Gasteiger partial charge in [-0.15, -0.1) is 0 Å². The average Bonchev–Trinajstić information content (AvgIpc) is 2.25. The third kappa shape index (κ3) is 5.71. The minimum atomic E-state index is -0.130. The van der Waals surface area contributed by atoms with Gasteiger partial charge in [-0.3, -0.25) is 0 Å². The second kappa shape index (κ2) is 6.03. The summed E-state index contributed by atoms with van der Waals surface area (Å²) in [6.07, 6.45) is 1.04. The zero-order chi connectivity index (χ0) is 12.9. The smallest absolute Gasteiger partial charge is 0.118 e. The predicted octanol–water partition coefficient (Wildman–Crippen LogP) is 1.91. The summed E-state index contributed by atoms with van der Waals surface area (Å²) in [6.45, 7) is 6.03. The Labute approximate surface area is 105 Å². The minimum absolute atomic E-state index is 0.130. The van der Waals surface area contributed by atoms with Crippen molar-refractivity contribution in [3.05, 3.63) is 29.8 Å². The number of likely N-dealkylation sites (N-methyl/N-ethyl adjacent to an activating group) is 1. The molecule has 17 heavy (non-hydrogen) atoms. The van der Waals surface area contributed by atoms with Crippen molar-refractivity contribution in [1.29, 1.82) is 0 Å². The molecule has 0 aliphatic heterocycles. The van der Waals surface area contributed by atoms with E-state index in [1.807, 2.05) is 12.1 Å². The van der Waals surface area contributed by atoms with E-state index >= 15 is 0 Å². The van der Waals surface area contributed by atoms with Crippen molar-refractivity contribution in [3.8, 4) is 5.75 Å². The van der Waals surface area contributed by atoms with E-state index in [0.717, 1.165) is 25.3 Å². The molecule has 0 heterocycles. The van der Waals surface area contributed by atoms with Gasteiger partial charge < -0.3 is 15.4 Å². The largest absolute Gasteiger partial charge is 0.497 e. The van der Waals surface area contributed by atoms with Gasteiger partial charge >= 0.3 is 0 Å². The van der Waals surface area contributed by atoms with Crippen LogP contribution in [0.3, 0.4) is 0 Å². The molecule has 0 spiro atoms. The van der Waals surface area contributed by atoms with Crippen LogP contribution in [0.4, 0.5) is 0 Å². The van der Waals surface area contributed by atoms with E-state index in [0.29, 0.717) is 0 Å². The maximum Gasteiger partial charge on any atom is 0.118 e. The molecule has 0 bridgehead atoms. The van der Waals surface area contributed by atoms with Crippen molar-refractivity contribution in [1.82, 2.24) is 4.90 Å². The van der Waals surface area contributed by atoms with Crippen LogP contribution in [0.5, 0.6) is 5.75 Å². The van der Waals surface area contributed by atoms with Crippen LogP contribution in [0.2, 0.25) is 0 Å². The van der Waals surface area contributed by atoms with E-state index in [4.69, 9.17) is 10.5 Å². The molecule has 2 N–H and O–H groups in total. The van der Waals surface area contributed by atoms with E-state index in [1.54, 1.807) is 7.11 Å². The predicted molar refractivity (Wildman–Crippen MR) is 72.5 cm³/mol.